The standard InChI is InChI=1S/C11H15N3O/c1-8-13-10(7-11(15)14-8)12-6-2-3-9-4-5-9/h2-3,7,9H,4-6H2,1H3,(H2,12,13,14,15)/b3-2+. The van der Waals surface area contributed by atoms with Gasteiger partial charge in [0.15, 0.2) is 0 Å². The molecule has 1 fully saturated rings. The zero-order chi connectivity index (χ0) is 10.7. The van der Waals surface area contributed by atoms with Gasteiger partial charge in [-0.25, -0.2) is 4.98 Å². The number of hydrogen-bond donors (Lipinski definition) is 2. The van der Waals surface area contributed by atoms with Crippen LogP contribution in [0.5, 0.6) is 0 Å². The van der Waals surface area contributed by atoms with Crippen LogP contribution >= 0.6 is 0 Å². The smallest absolute Gasteiger partial charge is 0.252 e. The predicted molar refractivity (Wildman–Crippen MR) is 59.9 cm³/mol. The van der Waals surface area contributed by atoms with Crippen molar-refractivity contribution in [3.63, 3.8) is 0 Å². The zero-order valence-electron chi connectivity index (χ0n) is 8.79. The molecule has 80 valence electrons. The first-order valence-electron chi connectivity index (χ1n) is 5.22. The summed E-state index contributed by atoms with van der Waals surface area (Å²) in [5.41, 5.74) is -0.115. The van der Waals surface area contributed by atoms with E-state index in [1.807, 2.05) is 0 Å². The first-order chi connectivity index (χ1) is 7.24. The van der Waals surface area contributed by atoms with Gasteiger partial charge >= 0.3 is 0 Å². The molecule has 1 aromatic rings. The Hall–Kier alpha value is -1.58. The molecule has 0 spiro atoms. The second-order valence-corrected chi connectivity index (χ2v) is 3.86. The summed E-state index contributed by atoms with van der Waals surface area (Å²) >= 11 is 0. The Morgan fingerprint density at radius 2 is 2.47 bits per heavy atom. The average molecular weight is 205 g/mol. The topological polar surface area (TPSA) is 57.8 Å². The molecule has 0 bridgehead atoms. The summed E-state index contributed by atoms with van der Waals surface area (Å²) in [6, 6.07) is 1.47. The predicted octanol–water partition coefficient (Wildman–Crippen LogP) is 1.46. The highest BCUT2D eigenvalue weighted by atomic mass is 16.1. The lowest BCUT2D eigenvalue weighted by Gasteiger charge is -2.01. The Balaban J connectivity index is 1.89. The molecule has 0 radical (unpaired) electrons. The van der Waals surface area contributed by atoms with Crippen molar-refractivity contribution in [2.24, 2.45) is 5.92 Å². The molecule has 1 saturated carbocycles. The summed E-state index contributed by atoms with van der Waals surface area (Å²) < 4.78 is 0. The third-order valence-corrected chi connectivity index (χ3v) is 2.29. The summed E-state index contributed by atoms with van der Waals surface area (Å²) in [4.78, 5) is 17.9. The van der Waals surface area contributed by atoms with Crippen molar-refractivity contribution in [2.75, 3.05) is 11.9 Å². The van der Waals surface area contributed by atoms with E-state index >= 15 is 0 Å². The minimum atomic E-state index is -0.115. The molecule has 0 aromatic carbocycles. The lowest BCUT2D eigenvalue weighted by atomic mass is 10.3. The van der Waals surface area contributed by atoms with Crippen molar-refractivity contribution in [3.05, 3.63) is 34.4 Å². The van der Waals surface area contributed by atoms with Gasteiger partial charge in [-0.2, -0.15) is 0 Å². The molecule has 1 aromatic heterocycles. The average Bonchev–Trinajstić information content (AvgIpc) is 2.94. The number of aromatic nitrogens is 2. The van der Waals surface area contributed by atoms with Gasteiger partial charge in [0.2, 0.25) is 0 Å². The van der Waals surface area contributed by atoms with Crippen LogP contribution in [0.15, 0.2) is 23.0 Å². The van der Waals surface area contributed by atoms with Gasteiger partial charge in [0, 0.05) is 12.6 Å². The van der Waals surface area contributed by atoms with Crippen LogP contribution in [-0.4, -0.2) is 16.5 Å². The monoisotopic (exact) mass is 205 g/mol. The fourth-order valence-electron chi connectivity index (χ4n) is 1.38. The Morgan fingerprint density at radius 3 is 3.13 bits per heavy atom. The first kappa shape index (κ1) is 9.96. The molecule has 1 aliphatic rings. The van der Waals surface area contributed by atoms with Crippen molar-refractivity contribution < 1.29 is 0 Å². The fourth-order valence-corrected chi connectivity index (χ4v) is 1.38. The van der Waals surface area contributed by atoms with Gasteiger partial charge in [-0.15, -0.1) is 0 Å². The Morgan fingerprint density at radius 1 is 1.67 bits per heavy atom. The largest absolute Gasteiger partial charge is 0.366 e. The summed E-state index contributed by atoms with van der Waals surface area (Å²) in [5.74, 6) is 2.06. The molecule has 0 unspecified atom stereocenters. The summed E-state index contributed by atoms with van der Waals surface area (Å²) in [6.07, 6.45) is 6.95. The number of aryl methyl sites for hydroxylation is 1. The third-order valence-electron chi connectivity index (χ3n) is 2.29. The molecule has 4 heteroatoms. The normalized spacial score (nSPS) is 15.8. The number of nitrogens with zero attached hydrogens (tertiary/aromatic N) is 1. The number of nitrogens with one attached hydrogen (secondary N) is 2. The molecular formula is C11H15N3O. The maximum Gasteiger partial charge on any atom is 0.252 e. The molecule has 0 saturated heterocycles. The minimum Gasteiger partial charge on any atom is -0.366 e. The molecule has 2 N–H and O–H groups in total. The maximum atomic E-state index is 11.1. The molecule has 0 atom stereocenters. The Labute approximate surface area is 88.4 Å². The van der Waals surface area contributed by atoms with Crippen LogP contribution in [0.1, 0.15) is 18.7 Å². The number of rotatable bonds is 4. The van der Waals surface area contributed by atoms with E-state index < -0.39 is 0 Å². The van der Waals surface area contributed by atoms with Crippen molar-refractivity contribution in [1.82, 2.24) is 9.97 Å². The van der Waals surface area contributed by atoms with Crippen LogP contribution in [0, 0.1) is 12.8 Å². The summed E-state index contributed by atoms with van der Waals surface area (Å²) in [6.45, 7) is 2.50. The van der Waals surface area contributed by atoms with Gasteiger partial charge in [0.05, 0.1) is 0 Å². The van der Waals surface area contributed by atoms with Gasteiger partial charge in [-0.1, -0.05) is 12.2 Å². The van der Waals surface area contributed by atoms with E-state index in [1.54, 1.807) is 6.92 Å². The second kappa shape index (κ2) is 4.29. The van der Waals surface area contributed by atoms with Gasteiger partial charge in [-0.3, -0.25) is 4.79 Å². The number of allylic oxidation sites excluding steroid dienone is 1. The van der Waals surface area contributed by atoms with Gasteiger partial charge in [0.25, 0.3) is 5.56 Å². The van der Waals surface area contributed by atoms with Gasteiger partial charge in [-0.05, 0) is 25.7 Å². The second-order valence-electron chi connectivity index (χ2n) is 3.86. The van der Waals surface area contributed by atoms with Crippen LogP contribution in [0.4, 0.5) is 5.82 Å². The van der Waals surface area contributed by atoms with Crippen LogP contribution in [0.3, 0.4) is 0 Å². The minimum absolute atomic E-state index is 0.115. The summed E-state index contributed by atoms with van der Waals surface area (Å²) in [7, 11) is 0. The molecule has 0 aliphatic heterocycles. The van der Waals surface area contributed by atoms with E-state index in [4.69, 9.17) is 0 Å². The Bertz CT molecular complexity index is 418. The third kappa shape index (κ3) is 3.23. The highest BCUT2D eigenvalue weighted by Gasteiger charge is 2.16. The molecule has 1 heterocycles. The molecule has 1 aliphatic carbocycles. The molecular weight excluding hydrogens is 190 g/mol. The number of hydrogen-bond acceptors (Lipinski definition) is 3. The number of aromatic amines is 1. The lowest BCUT2D eigenvalue weighted by Crippen LogP contribution is -2.11. The fraction of sp³-hybridized carbons (Fsp3) is 0.455. The zero-order valence-corrected chi connectivity index (χ0v) is 8.79. The van der Waals surface area contributed by atoms with Crippen molar-refractivity contribution >= 4 is 5.82 Å². The van der Waals surface area contributed by atoms with Crippen LogP contribution in [0.2, 0.25) is 0 Å². The van der Waals surface area contributed by atoms with E-state index in [9.17, 15) is 4.79 Å². The Kier molecular flexibility index (Phi) is 2.85. The lowest BCUT2D eigenvalue weighted by molar-refractivity contribution is 1.01. The molecule has 4 nitrogen and oxygen atoms in total. The first-order valence-corrected chi connectivity index (χ1v) is 5.22. The molecule has 2 rings (SSSR count). The number of H-pyrrole nitrogens is 1. The molecule has 15 heavy (non-hydrogen) atoms. The highest BCUT2D eigenvalue weighted by molar-refractivity contribution is 5.33. The quantitative estimate of drug-likeness (QED) is 0.731. The van der Waals surface area contributed by atoms with Crippen LogP contribution < -0.4 is 10.9 Å². The SMILES string of the molecule is Cc1nc(NC/C=C/C2CC2)cc(=O)[nH]1. The van der Waals surface area contributed by atoms with E-state index in [0.717, 1.165) is 12.5 Å². The van der Waals surface area contributed by atoms with Crippen LogP contribution in [0.25, 0.3) is 0 Å². The van der Waals surface area contributed by atoms with Crippen molar-refractivity contribution in [2.45, 2.75) is 19.8 Å². The van der Waals surface area contributed by atoms with Crippen LogP contribution in [-0.2, 0) is 0 Å². The number of anilines is 1. The van der Waals surface area contributed by atoms with Crippen molar-refractivity contribution in [1.29, 1.82) is 0 Å². The van der Waals surface area contributed by atoms with Gasteiger partial charge in [0.1, 0.15) is 11.6 Å². The van der Waals surface area contributed by atoms with E-state index in [-0.39, 0.29) is 5.56 Å². The maximum absolute atomic E-state index is 11.1. The van der Waals surface area contributed by atoms with E-state index in [0.29, 0.717) is 11.6 Å². The molecule has 0 amide bonds. The van der Waals surface area contributed by atoms with Gasteiger partial charge < -0.3 is 10.3 Å². The van der Waals surface area contributed by atoms with Crippen molar-refractivity contribution in [3.8, 4) is 0 Å². The summed E-state index contributed by atoms with van der Waals surface area (Å²) in [5, 5.41) is 3.09. The van der Waals surface area contributed by atoms with E-state index in [2.05, 4.69) is 27.4 Å². The van der Waals surface area contributed by atoms with E-state index in [1.165, 1.54) is 18.9 Å². The highest BCUT2D eigenvalue weighted by Crippen LogP contribution is 2.29.